The second-order valence-electron chi connectivity index (χ2n) is 11.8. The Labute approximate surface area is 274 Å². The van der Waals surface area contributed by atoms with Crippen molar-refractivity contribution in [1.29, 1.82) is 0 Å². The average molecular weight is 671 g/mol. The van der Waals surface area contributed by atoms with Gasteiger partial charge in [0.05, 0.1) is 5.56 Å². The number of ether oxygens (including phenoxy) is 2. The number of thiophene rings is 1. The molecule has 0 saturated carbocycles. The molecule has 4 aromatic rings. The van der Waals surface area contributed by atoms with Crippen molar-refractivity contribution in [1.82, 2.24) is 0 Å². The first-order valence-electron chi connectivity index (χ1n) is 14.2. The lowest BCUT2D eigenvalue weighted by molar-refractivity contribution is 0.0624. The smallest absolute Gasteiger partial charge is 0.412 e. The highest BCUT2D eigenvalue weighted by Gasteiger charge is 2.19. The fourth-order valence-corrected chi connectivity index (χ4v) is 4.13. The molecule has 0 saturated heterocycles. The summed E-state index contributed by atoms with van der Waals surface area (Å²) < 4.78 is 40.0. The largest absolute Gasteiger partial charge is 0.450 e. The van der Waals surface area contributed by atoms with E-state index in [1.165, 1.54) is 17.4 Å². The summed E-state index contributed by atoms with van der Waals surface area (Å²) >= 11 is 1.47. The van der Waals surface area contributed by atoms with Crippen LogP contribution in [0, 0.1) is 0 Å². The summed E-state index contributed by atoms with van der Waals surface area (Å²) in [6.07, 6.45) is -3.89. The van der Waals surface area contributed by atoms with Crippen LogP contribution in [0.2, 0.25) is 0 Å². The molecule has 4 rings (SSSR count). The zero-order valence-electron chi connectivity index (χ0n) is 26.6. The molecule has 4 N–H and O–H groups in total. The highest BCUT2D eigenvalue weighted by molar-refractivity contribution is 7.08. The van der Waals surface area contributed by atoms with E-state index in [0.717, 1.165) is 6.07 Å². The summed E-state index contributed by atoms with van der Waals surface area (Å²) in [4.78, 5) is 47.1. The van der Waals surface area contributed by atoms with Gasteiger partial charge in [0.15, 0.2) is 11.5 Å². The SMILES string of the molecule is CC(C)(C)OC(=O)Nc1ccc(NC(=O)c2ccc(C(F)F)o2)cc1.CC(C)(C)OC(=O)Nc1ccc(NC(=O)c2ccsc2)cc1. The number of furan rings is 1. The zero-order valence-corrected chi connectivity index (χ0v) is 27.4. The van der Waals surface area contributed by atoms with Crippen molar-refractivity contribution >= 4 is 58.1 Å². The Balaban J connectivity index is 0.000000257. The van der Waals surface area contributed by atoms with E-state index in [4.69, 9.17) is 13.9 Å². The highest BCUT2D eigenvalue weighted by Crippen LogP contribution is 2.22. The van der Waals surface area contributed by atoms with Gasteiger partial charge in [-0.25, -0.2) is 18.4 Å². The predicted octanol–water partition coefficient (Wildman–Crippen LogP) is 9.16. The first-order valence-corrected chi connectivity index (χ1v) is 15.1. The summed E-state index contributed by atoms with van der Waals surface area (Å²) in [6, 6.07) is 17.0. The van der Waals surface area contributed by atoms with Crippen molar-refractivity contribution in [3.63, 3.8) is 0 Å². The van der Waals surface area contributed by atoms with Gasteiger partial charge in [0, 0.05) is 28.1 Å². The number of rotatable bonds is 7. The lowest BCUT2D eigenvalue weighted by Gasteiger charge is -2.19. The minimum atomic E-state index is -2.78. The number of anilines is 4. The lowest BCUT2D eigenvalue weighted by atomic mass is 10.2. The third kappa shape index (κ3) is 13.0. The maximum absolute atomic E-state index is 12.5. The normalized spacial score (nSPS) is 11.1. The van der Waals surface area contributed by atoms with Crippen molar-refractivity contribution < 1.29 is 41.8 Å². The van der Waals surface area contributed by atoms with Crippen LogP contribution in [0.25, 0.3) is 0 Å². The first kappa shape index (κ1) is 36.2. The number of benzene rings is 2. The molecule has 0 spiro atoms. The molecular weight excluding hydrogens is 634 g/mol. The molecule has 14 heteroatoms. The van der Waals surface area contributed by atoms with Gasteiger partial charge >= 0.3 is 12.2 Å². The van der Waals surface area contributed by atoms with E-state index in [9.17, 15) is 28.0 Å². The molecule has 0 aliphatic heterocycles. The van der Waals surface area contributed by atoms with Gasteiger partial charge < -0.3 is 24.5 Å². The monoisotopic (exact) mass is 670 g/mol. The Morgan fingerprint density at radius 1 is 0.638 bits per heavy atom. The Bertz CT molecular complexity index is 1640. The van der Waals surface area contributed by atoms with Gasteiger partial charge in [-0.05, 0) is 114 Å². The Kier molecular flexibility index (Phi) is 12.2. The van der Waals surface area contributed by atoms with Gasteiger partial charge in [0.25, 0.3) is 18.2 Å². The first-order chi connectivity index (χ1) is 22.0. The van der Waals surface area contributed by atoms with Crippen LogP contribution in [0.15, 0.2) is 81.9 Å². The van der Waals surface area contributed by atoms with E-state index in [-0.39, 0.29) is 11.7 Å². The molecule has 250 valence electrons. The third-order valence-electron chi connectivity index (χ3n) is 5.43. The minimum absolute atomic E-state index is 0.158. The molecule has 2 heterocycles. The topological polar surface area (TPSA) is 148 Å². The van der Waals surface area contributed by atoms with E-state index in [1.54, 1.807) is 102 Å². The molecule has 0 atom stereocenters. The predicted molar refractivity (Wildman–Crippen MR) is 176 cm³/mol. The maximum Gasteiger partial charge on any atom is 0.412 e. The molecular formula is C33H36F2N4O7S. The van der Waals surface area contributed by atoms with Gasteiger partial charge in [0.2, 0.25) is 0 Å². The number of carbonyl (C=O) groups is 4. The fourth-order valence-electron chi connectivity index (χ4n) is 3.50. The summed E-state index contributed by atoms with van der Waals surface area (Å²) in [5.41, 5.74) is 1.62. The molecule has 0 bridgehead atoms. The van der Waals surface area contributed by atoms with Crippen molar-refractivity contribution in [3.05, 3.63) is 94.6 Å². The molecule has 0 fully saturated rings. The van der Waals surface area contributed by atoms with Gasteiger partial charge in [-0.1, -0.05) is 0 Å². The lowest BCUT2D eigenvalue weighted by Crippen LogP contribution is -2.27. The minimum Gasteiger partial charge on any atom is -0.450 e. The van der Waals surface area contributed by atoms with Crippen LogP contribution < -0.4 is 21.3 Å². The van der Waals surface area contributed by atoms with Gasteiger partial charge in [-0.2, -0.15) is 11.3 Å². The van der Waals surface area contributed by atoms with Crippen molar-refractivity contribution in [2.75, 3.05) is 21.3 Å². The second-order valence-corrected chi connectivity index (χ2v) is 12.6. The molecule has 0 aliphatic carbocycles. The molecule has 0 radical (unpaired) electrons. The van der Waals surface area contributed by atoms with Crippen LogP contribution in [-0.2, 0) is 9.47 Å². The zero-order chi connectivity index (χ0) is 34.8. The number of halogens is 2. The van der Waals surface area contributed by atoms with E-state index in [1.807, 2.05) is 5.38 Å². The van der Waals surface area contributed by atoms with Gasteiger partial charge in [-0.3, -0.25) is 20.2 Å². The average Bonchev–Trinajstić information content (AvgIpc) is 3.67. The maximum atomic E-state index is 12.5. The van der Waals surface area contributed by atoms with Crippen molar-refractivity contribution in [2.24, 2.45) is 0 Å². The Morgan fingerprint density at radius 3 is 1.43 bits per heavy atom. The van der Waals surface area contributed by atoms with Crippen molar-refractivity contribution in [2.45, 2.75) is 59.2 Å². The molecule has 4 amide bonds. The standard InChI is InChI=1S/C17H18F2N2O4.C16H18N2O3S/c1-17(2,3)25-16(23)21-11-6-4-10(5-7-11)20-15(22)13-9-8-12(24-13)14(18)19;1-16(2,3)21-15(20)18-13-6-4-12(5-7-13)17-14(19)11-8-9-22-10-11/h4-9,14H,1-3H3,(H,20,22)(H,21,23);4-10H,1-3H3,(H,17,19)(H,18,20). The highest BCUT2D eigenvalue weighted by atomic mass is 32.1. The van der Waals surface area contributed by atoms with E-state index >= 15 is 0 Å². The van der Waals surface area contributed by atoms with E-state index in [2.05, 4.69) is 21.3 Å². The van der Waals surface area contributed by atoms with Crippen LogP contribution in [0.4, 0.5) is 41.1 Å². The van der Waals surface area contributed by atoms with Crippen molar-refractivity contribution in [3.8, 4) is 0 Å². The third-order valence-corrected chi connectivity index (χ3v) is 6.11. The Morgan fingerprint density at radius 2 is 1.06 bits per heavy atom. The summed E-state index contributed by atoms with van der Waals surface area (Å²) in [5.74, 6) is -1.60. The molecule has 2 aromatic carbocycles. The number of alkyl halides is 2. The van der Waals surface area contributed by atoms with Gasteiger partial charge in [0.1, 0.15) is 11.2 Å². The summed E-state index contributed by atoms with van der Waals surface area (Å²) in [7, 11) is 0. The van der Waals surface area contributed by atoms with E-state index < -0.39 is 41.5 Å². The summed E-state index contributed by atoms with van der Waals surface area (Å²) in [6.45, 7) is 10.7. The van der Waals surface area contributed by atoms with Gasteiger partial charge in [-0.15, -0.1) is 0 Å². The number of carbonyl (C=O) groups excluding carboxylic acids is 4. The molecule has 11 nitrogen and oxygen atoms in total. The Hall–Kier alpha value is -5.24. The fraction of sp³-hybridized carbons (Fsp3) is 0.273. The van der Waals surface area contributed by atoms with Crippen LogP contribution >= 0.6 is 11.3 Å². The van der Waals surface area contributed by atoms with Crippen LogP contribution in [0.3, 0.4) is 0 Å². The quantitative estimate of drug-likeness (QED) is 0.153. The molecule has 2 aromatic heterocycles. The molecule has 0 unspecified atom stereocenters. The molecule has 0 aliphatic rings. The molecule has 47 heavy (non-hydrogen) atoms. The second kappa shape index (κ2) is 15.9. The summed E-state index contributed by atoms with van der Waals surface area (Å²) in [5, 5.41) is 14.1. The number of hydrogen-bond acceptors (Lipinski definition) is 8. The number of amides is 4. The van der Waals surface area contributed by atoms with Crippen LogP contribution in [0.5, 0.6) is 0 Å². The van der Waals surface area contributed by atoms with Crippen LogP contribution in [-0.4, -0.2) is 35.2 Å². The number of hydrogen-bond donors (Lipinski definition) is 4. The number of nitrogens with one attached hydrogen (secondary N) is 4. The van der Waals surface area contributed by atoms with E-state index in [0.29, 0.717) is 28.3 Å². The van der Waals surface area contributed by atoms with Crippen LogP contribution in [0.1, 0.15) is 74.6 Å².